The van der Waals surface area contributed by atoms with Crippen LogP contribution in [0.5, 0.6) is 0 Å². The molecule has 0 radical (unpaired) electrons. The first-order chi connectivity index (χ1) is 12.0. The minimum atomic E-state index is -0.329. The van der Waals surface area contributed by atoms with Gasteiger partial charge in [0.15, 0.2) is 0 Å². The van der Waals surface area contributed by atoms with Gasteiger partial charge in [0.2, 0.25) is 5.91 Å². The van der Waals surface area contributed by atoms with Crippen LogP contribution in [0, 0.1) is 6.92 Å². The predicted molar refractivity (Wildman–Crippen MR) is 89.1 cm³/mol. The lowest BCUT2D eigenvalue weighted by molar-refractivity contribution is -0.138. The highest BCUT2D eigenvalue weighted by atomic mass is 16.2. The van der Waals surface area contributed by atoms with Crippen LogP contribution in [0.1, 0.15) is 58.4 Å². The number of benzene rings is 1. The number of ketones is 1. The van der Waals surface area contributed by atoms with Gasteiger partial charge in [-0.05, 0) is 31.9 Å². The molecule has 3 aliphatic rings. The number of nitrogens with zero attached hydrogens (tertiary/aromatic N) is 2. The van der Waals surface area contributed by atoms with E-state index in [9.17, 15) is 19.2 Å². The van der Waals surface area contributed by atoms with Crippen LogP contribution in [0.2, 0.25) is 0 Å². The van der Waals surface area contributed by atoms with Crippen molar-refractivity contribution >= 4 is 23.5 Å². The number of aryl methyl sites for hydroxylation is 1. The van der Waals surface area contributed by atoms with Crippen molar-refractivity contribution in [1.29, 1.82) is 0 Å². The first-order valence-electron chi connectivity index (χ1n) is 8.75. The molecule has 1 aromatic rings. The van der Waals surface area contributed by atoms with Crippen LogP contribution >= 0.6 is 0 Å². The van der Waals surface area contributed by atoms with Crippen LogP contribution in [0.15, 0.2) is 18.2 Å². The zero-order valence-corrected chi connectivity index (χ0v) is 14.2. The SMILES string of the molecule is Cc1ccc2c(c1)C(=O)N(CCC(=O)N1C3CCC1CC(=O)C3)C2=O. The molecule has 2 atom stereocenters. The molecule has 1 aromatic carbocycles. The summed E-state index contributed by atoms with van der Waals surface area (Å²) in [6.45, 7) is 1.96. The van der Waals surface area contributed by atoms with Gasteiger partial charge in [-0.1, -0.05) is 11.6 Å². The number of piperidine rings is 1. The zero-order chi connectivity index (χ0) is 17.7. The Hall–Kier alpha value is -2.50. The molecule has 2 fully saturated rings. The number of amides is 3. The predicted octanol–water partition coefficient (Wildman–Crippen LogP) is 1.70. The summed E-state index contributed by atoms with van der Waals surface area (Å²) in [6, 6.07) is 5.20. The average molecular weight is 340 g/mol. The Balaban J connectivity index is 1.44. The molecule has 0 aromatic heterocycles. The third kappa shape index (κ3) is 2.56. The van der Waals surface area contributed by atoms with Crippen molar-refractivity contribution in [2.75, 3.05) is 6.54 Å². The Bertz CT molecular complexity index is 785. The molecule has 3 amide bonds. The van der Waals surface area contributed by atoms with Gasteiger partial charge in [0.05, 0.1) is 11.1 Å². The fourth-order valence-electron chi connectivity index (χ4n) is 4.32. The van der Waals surface area contributed by atoms with Crippen molar-refractivity contribution in [3.8, 4) is 0 Å². The number of imide groups is 1. The highest BCUT2D eigenvalue weighted by Crippen LogP contribution is 2.34. The Labute approximate surface area is 145 Å². The largest absolute Gasteiger partial charge is 0.336 e. The van der Waals surface area contributed by atoms with Crippen LogP contribution in [0.3, 0.4) is 0 Å². The van der Waals surface area contributed by atoms with Gasteiger partial charge in [-0.25, -0.2) is 0 Å². The molecule has 0 N–H and O–H groups in total. The number of carbonyl (C=O) groups is 4. The first kappa shape index (κ1) is 16.0. The Morgan fingerprint density at radius 3 is 2.36 bits per heavy atom. The third-order valence-corrected chi connectivity index (χ3v) is 5.51. The summed E-state index contributed by atoms with van der Waals surface area (Å²) in [7, 11) is 0. The van der Waals surface area contributed by atoms with Crippen LogP contribution < -0.4 is 0 Å². The summed E-state index contributed by atoms with van der Waals surface area (Å²) in [6.07, 6.45) is 2.73. The fraction of sp³-hybridized carbons (Fsp3) is 0.474. The zero-order valence-electron chi connectivity index (χ0n) is 14.2. The van der Waals surface area contributed by atoms with Crippen molar-refractivity contribution in [3.05, 3.63) is 34.9 Å². The highest BCUT2D eigenvalue weighted by Gasteiger charge is 2.43. The maximum Gasteiger partial charge on any atom is 0.261 e. The van der Waals surface area contributed by atoms with Gasteiger partial charge in [0, 0.05) is 37.9 Å². The lowest BCUT2D eigenvalue weighted by Crippen LogP contribution is -2.47. The van der Waals surface area contributed by atoms with E-state index in [0.29, 0.717) is 24.0 Å². The number of Topliss-reactive ketones (excluding diaryl/α,β-unsaturated/α-hetero) is 1. The van der Waals surface area contributed by atoms with Crippen LogP contribution in [-0.4, -0.2) is 51.9 Å². The van der Waals surface area contributed by atoms with Gasteiger partial charge >= 0.3 is 0 Å². The molecule has 25 heavy (non-hydrogen) atoms. The number of fused-ring (bicyclic) bond motifs is 3. The van der Waals surface area contributed by atoms with E-state index in [1.807, 2.05) is 11.8 Å². The summed E-state index contributed by atoms with van der Waals surface area (Å²) in [5.74, 6) is -0.488. The lowest BCUT2D eigenvalue weighted by Gasteiger charge is -2.34. The summed E-state index contributed by atoms with van der Waals surface area (Å²) in [5, 5.41) is 0. The van der Waals surface area contributed by atoms with Crippen LogP contribution in [0.4, 0.5) is 0 Å². The molecular weight excluding hydrogens is 320 g/mol. The maximum absolute atomic E-state index is 12.6. The average Bonchev–Trinajstić information content (AvgIpc) is 2.98. The number of hydrogen-bond donors (Lipinski definition) is 0. The van der Waals surface area contributed by atoms with E-state index in [4.69, 9.17) is 0 Å². The molecule has 0 aliphatic carbocycles. The van der Waals surface area contributed by atoms with Gasteiger partial charge < -0.3 is 4.90 Å². The van der Waals surface area contributed by atoms with E-state index in [0.717, 1.165) is 18.4 Å². The smallest absolute Gasteiger partial charge is 0.261 e. The molecule has 130 valence electrons. The Morgan fingerprint density at radius 1 is 1.04 bits per heavy atom. The molecule has 0 spiro atoms. The van der Waals surface area contributed by atoms with E-state index in [1.54, 1.807) is 18.2 Å². The van der Waals surface area contributed by atoms with E-state index < -0.39 is 0 Å². The molecule has 2 bridgehead atoms. The van der Waals surface area contributed by atoms with Crippen molar-refractivity contribution in [3.63, 3.8) is 0 Å². The summed E-state index contributed by atoms with van der Waals surface area (Å²) >= 11 is 0. The fourth-order valence-corrected chi connectivity index (χ4v) is 4.32. The van der Waals surface area contributed by atoms with Gasteiger partial charge in [-0.2, -0.15) is 0 Å². The third-order valence-electron chi connectivity index (χ3n) is 5.51. The van der Waals surface area contributed by atoms with E-state index in [1.165, 1.54) is 4.90 Å². The molecule has 3 heterocycles. The molecular formula is C19H20N2O4. The maximum atomic E-state index is 12.6. The molecule has 0 saturated carbocycles. The normalized spacial score (nSPS) is 24.9. The van der Waals surface area contributed by atoms with Gasteiger partial charge in [-0.3, -0.25) is 24.1 Å². The summed E-state index contributed by atoms with van der Waals surface area (Å²) < 4.78 is 0. The monoisotopic (exact) mass is 340 g/mol. The second kappa shape index (κ2) is 5.79. The van der Waals surface area contributed by atoms with Gasteiger partial charge in [0.1, 0.15) is 5.78 Å². The first-order valence-corrected chi connectivity index (χ1v) is 8.75. The second-order valence-electron chi connectivity index (χ2n) is 7.19. The molecule has 2 unspecified atom stereocenters. The molecule has 4 rings (SSSR count). The molecule has 6 nitrogen and oxygen atoms in total. The topological polar surface area (TPSA) is 74.8 Å². The van der Waals surface area contributed by atoms with Gasteiger partial charge in [0.25, 0.3) is 11.8 Å². The minimum absolute atomic E-state index is 0.00331. The van der Waals surface area contributed by atoms with Crippen molar-refractivity contribution in [2.24, 2.45) is 0 Å². The van der Waals surface area contributed by atoms with Gasteiger partial charge in [-0.15, -0.1) is 0 Å². The molecule has 6 heteroatoms. The molecule has 3 aliphatic heterocycles. The number of hydrogen-bond acceptors (Lipinski definition) is 4. The second-order valence-corrected chi connectivity index (χ2v) is 7.19. The van der Waals surface area contributed by atoms with Crippen molar-refractivity contribution in [2.45, 2.75) is 51.1 Å². The van der Waals surface area contributed by atoms with E-state index in [2.05, 4.69) is 0 Å². The van der Waals surface area contributed by atoms with Crippen LogP contribution in [0.25, 0.3) is 0 Å². The summed E-state index contributed by atoms with van der Waals surface area (Å²) in [4.78, 5) is 52.2. The standard InChI is InChI=1S/C19H20N2O4/c1-11-2-5-15-16(8-11)19(25)20(18(15)24)7-6-17(23)21-12-3-4-13(21)10-14(22)9-12/h2,5,8,12-13H,3-4,6-7,9-10H2,1H3. The van der Waals surface area contributed by atoms with E-state index in [-0.39, 0.29) is 48.6 Å². The number of carbonyl (C=O) groups excluding carboxylic acids is 4. The number of rotatable bonds is 3. The van der Waals surface area contributed by atoms with E-state index >= 15 is 0 Å². The van der Waals surface area contributed by atoms with Crippen molar-refractivity contribution < 1.29 is 19.2 Å². The molecule has 2 saturated heterocycles. The quantitative estimate of drug-likeness (QED) is 0.785. The highest BCUT2D eigenvalue weighted by molar-refractivity contribution is 6.21. The van der Waals surface area contributed by atoms with Crippen molar-refractivity contribution in [1.82, 2.24) is 9.80 Å². The Morgan fingerprint density at radius 2 is 1.68 bits per heavy atom. The Kier molecular flexibility index (Phi) is 3.71. The summed E-state index contributed by atoms with van der Waals surface area (Å²) in [5.41, 5.74) is 1.75. The van der Waals surface area contributed by atoms with Crippen LogP contribution in [-0.2, 0) is 9.59 Å². The minimum Gasteiger partial charge on any atom is -0.336 e. The lowest BCUT2D eigenvalue weighted by atomic mass is 10.0.